The Hall–Kier alpha value is -2.82. The molecule has 0 aliphatic heterocycles. The molecular weight excluding hydrogens is 316 g/mol. The number of nitrogens with one attached hydrogen (secondary N) is 2. The maximum absolute atomic E-state index is 12.2. The number of carbonyl (C=O) groups is 2. The van der Waals surface area contributed by atoms with Crippen LogP contribution in [0.3, 0.4) is 0 Å². The SMILES string of the molecule is COc1cccc(NC(=O)CC(=O)Nc2ccccc2C(C)(C)C)c1. The van der Waals surface area contributed by atoms with Crippen LogP contribution in [0.5, 0.6) is 5.75 Å². The fourth-order valence-electron chi connectivity index (χ4n) is 2.49. The smallest absolute Gasteiger partial charge is 0.233 e. The molecule has 2 aromatic rings. The Morgan fingerprint density at radius 3 is 2.32 bits per heavy atom. The van der Waals surface area contributed by atoms with Gasteiger partial charge in [0.05, 0.1) is 7.11 Å². The zero-order chi connectivity index (χ0) is 18.4. The van der Waals surface area contributed by atoms with Crippen LogP contribution in [0, 0.1) is 0 Å². The summed E-state index contributed by atoms with van der Waals surface area (Å²) in [4.78, 5) is 24.3. The van der Waals surface area contributed by atoms with Gasteiger partial charge in [-0.2, -0.15) is 0 Å². The Labute approximate surface area is 148 Å². The largest absolute Gasteiger partial charge is 0.497 e. The van der Waals surface area contributed by atoms with E-state index < -0.39 is 0 Å². The maximum Gasteiger partial charge on any atom is 0.233 e. The van der Waals surface area contributed by atoms with E-state index in [4.69, 9.17) is 4.74 Å². The Balaban J connectivity index is 2.00. The first-order valence-electron chi connectivity index (χ1n) is 8.13. The van der Waals surface area contributed by atoms with Crippen LogP contribution < -0.4 is 15.4 Å². The van der Waals surface area contributed by atoms with Gasteiger partial charge in [-0.05, 0) is 29.2 Å². The molecule has 0 aromatic heterocycles. The lowest BCUT2D eigenvalue weighted by molar-refractivity contribution is -0.123. The molecule has 132 valence electrons. The summed E-state index contributed by atoms with van der Waals surface area (Å²) in [6.07, 6.45) is -0.254. The van der Waals surface area contributed by atoms with Crippen molar-refractivity contribution in [2.45, 2.75) is 32.6 Å². The Morgan fingerprint density at radius 2 is 1.64 bits per heavy atom. The van der Waals surface area contributed by atoms with Crippen LogP contribution in [-0.2, 0) is 15.0 Å². The van der Waals surface area contributed by atoms with Gasteiger partial charge in [-0.25, -0.2) is 0 Å². The molecule has 0 saturated carbocycles. The summed E-state index contributed by atoms with van der Waals surface area (Å²) >= 11 is 0. The van der Waals surface area contributed by atoms with Gasteiger partial charge in [-0.1, -0.05) is 45.0 Å². The standard InChI is InChI=1S/C20H24N2O3/c1-20(2,3)16-10-5-6-11-17(16)22-19(24)13-18(23)21-14-8-7-9-15(12-14)25-4/h5-12H,13H2,1-4H3,(H,21,23)(H,22,24). The lowest BCUT2D eigenvalue weighted by Gasteiger charge is -2.22. The molecule has 0 spiro atoms. The molecule has 5 nitrogen and oxygen atoms in total. The molecule has 0 bridgehead atoms. The van der Waals surface area contributed by atoms with Crippen LogP contribution in [0.25, 0.3) is 0 Å². The minimum Gasteiger partial charge on any atom is -0.497 e. The average molecular weight is 340 g/mol. The van der Waals surface area contributed by atoms with E-state index in [0.717, 1.165) is 11.3 Å². The summed E-state index contributed by atoms with van der Waals surface area (Å²) in [5, 5.41) is 5.53. The second-order valence-electron chi connectivity index (χ2n) is 6.80. The first-order chi connectivity index (χ1) is 11.8. The topological polar surface area (TPSA) is 67.4 Å². The summed E-state index contributed by atoms with van der Waals surface area (Å²) in [5.74, 6) is -0.0857. The van der Waals surface area contributed by atoms with Crippen LogP contribution in [0.4, 0.5) is 11.4 Å². The molecule has 0 atom stereocenters. The van der Waals surface area contributed by atoms with E-state index >= 15 is 0 Å². The summed E-state index contributed by atoms with van der Waals surface area (Å²) in [5.41, 5.74) is 2.24. The van der Waals surface area contributed by atoms with Crippen LogP contribution in [0.1, 0.15) is 32.8 Å². The molecule has 0 saturated heterocycles. The quantitative estimate of drug-likeness (QED) is 0.810. The normalized spacial score (nSPS) is 10.9. The second kappa shape index (κ2) is 7.83. The number of rotatable bonds is 5. The molecule has 5 heteroatoms. The van der Waals surface area contributed by atoms with E-state index in [9.17, 15) is 9.59 Å². The summed E-state index contributed by atoms with van der Waals surface area (Å²) < 4.78 is 5.11. The van der Waals surface area contributed by atoms with Crippen LogP contribution >= 0.6 is 0 Å². The number of methoxy groups -OCH3 is 1. The summed E-state index contributed by atoms with van der Waals surface area (Å²) in [6.45, 7) is 6.23. The molecule has 25 heavy (non-hydrogen) atoms. The zero-order valence-electron chi connectivity index (χ0n) is 15.1. The predicted octanol–water partition coefficient (Wildman–Crippen LogP) is 3.96. The van der Waals surface area contributed by atoms with Gasteiger partial charge in [0.2, 0.25) is 11.8 Å². The van der Waals surface area contributed by atoms with Gasteiger partial charge in [0.15, 0.2) is 0 Å². The van der Waals surface area contributed by atoms with Crippen molar-refractivity contribution in [2.75, 3.05) is 17.7 Å². The van der Waals surface area contributed by atoms with Gasteiger partial charge in [0, 0.05) is 17.4 Å². The van der Waals surface area contributed by atoms with Crippen molar-refractivity contribution < 1.29 is 14.3 Å². The minimum atomic E-state index is -0.376. The van der Waals surface area contributed by atoms with Gasteiger partial charge in [-0.15, -0.1) is 0 Å². The molecule has 0 heterocycles. The summed E-state index contributed by atoms with van der Waals surface area (Å²) in [7, 11) is 1.56. The average Bonchev–Trinajstić information content (AvgIpc) is 2.54. The van der Waals surface area contributed by atoms with E-state index in [-0.39, 0.29) is 23.7 Å². The number of ether oxygens (including phenoxy) is 1. The van der Waals surface area contributed by atoms with Crippen molar-refractivity contribution in [2.24, 2.45) is 0 Å². The van der Waals surface area contributed by atoms with Crippen molar-refractivity contribution in [3.8, 4) is 5.75 Å². The van der Waals surface area contributed by atoms with Crippen molar-refractivity contribution in [1.29, 1.82) is 0 Å². The highest BCUT2D eigenvalue weighted by atomic mass is 16.5. The molecule has 0 unspecified atom stereocenters. The number of benzene rings is 2. The highest BCUT2D eigenvalue weighted by Crippen LogP contribution is 2.29. The Bertz CT molecular complexity index is 764. The van der Waals surface area contributed by atoms with Gasteiger partial charge in [0.1, 0.15) is 12.2 Å². The monoisotopic (exact) mass is 340 g/mol. The lowest BCUT2D eigenvalue weighted by atomic mass is 9.86. The Kier molecular flexibility index (Phi) is 5.80. The number of anilines is 2. The van der Waals surface area contributed by atoms with Gasteiger partial charge in [-0.3, -0.25) is 9.59 Å². The predicted molar refractivity (Wildman–Crippen MR) is 100 cm³/mol. The Morgan fingerprint density at radius 1 is 0.960 bits per heavy atom. The van der Waals surface area contributed by atoms with Gasteiger partial charge >= 0.3 is 0 Å². The van der Waals surface area contributed by atoms with Crippen LogP contribution in [0.15, 0.2) is 48.5 Å². The molecule has 2 amide bonds. The van der Waals surface area contributed by atoms with Crippen LogP contribution in [-0.4, -0.2) is 18.9 Å². The highest BCUT2D eigenvalue weighted by molar-refractivity contribution is 6.08. The van der Waals surface area contributed by atoms with Gasteiger partial charge < -0.3 is 15.4 Å². The summed E-state index contributed by atoms with van der Waals surface area (Å²) in [6, 6.07) is 14.6. The second-order valence-corrected chi connectivity index (χ2v) is 6.80. The number of hydrogen-bond donors (Lipinski definition) is 2. The highest BCUT2D eigenvalue weighted by Gasteiger charge is 2.19. The molecule has 2 rings (SSSR count). The molecule has 0 aliphatic rings. The van der Waals surface area contributed by atoms with E-state index in [1.165, 1.54) is 0 Å². The first-order valence-corrected chi connectivity index (χ1v) is 8.13. The zero-order valence-corrected chi connectivity index (χ0v) is 15.1. The number of para-hydroxylation sites is 1. The third kappa shape index (κ3) is 5.35. The first kappa shape index (κ1) is 18.5. The van der Waals surface area contributed by atoms with E-state index in [1.54, 1.807) is 31.4 Å². The van der Waals surface area contributed by atoms with Crippen molar-refractivity contribution in [3.05, 3.63) is 54.1 Å². The van der Waals surface area contributed by atoms with Crippen molar-refractivity contribution >= 4 is 23.2 Å². The van der Waals surface area contributed by atoms with E-state index in [1.807, 2.05) is 24.3 Å². The number of hydrogen-bond acceptors (Lipinski definition) is 3. The number of carbonyl (C=O) groups excluding carboxylic acids is 2. The van der Waals surface area contributed by atoms with Gasteiger partial charge in [0.25, 0.3) is 0 Å². The molecule has 0 aliphatic carbocycles. The molecule has 2 N–H and O–H groups in total. The van der Waals surface area contributed by atoms with E-state index in [0.29, 0.717) is 11.4 Å². The minimum absolute atomic E-state index is 0.104. The third-order valence-corrected chi connectivity index (χ3v) is 3.68. The fraction of sp³-hybridized carbons (Fsp3) is 0.300. The molecule has 0 radical (unpaired) electrons. The van der Waals surface area contributed by atoms with Crippen LogP contribution in [0.2, 0.25) is 0 Å². The maximum atomic E-state index is 12.2. The number of amides is 2. The lowest BCUT2D eigenvalue weighted by Crippen LogP contribution is -2.23. The van der Waals surface area contributed by atoms with E-state index in [2.05, 4.69) is 31.4 Å². The van der Waals surface area contributed by atoms with Crippen molar-refractivity contribution in [1.82, 2.24) is 0 Å². The third-order valence-electron chi connectivity index (χ3n) is 3.68. The molecule has 2 aromatic carbocycles. The molecule has 0 fully saturated rings. The van der Waals surface area contributed by atoms with Crippen molar-refractivity contribution in [3.63, 3.8) is 0 Å². The molecular formula is C20H24N2O3. The fourth-order valence-corrected chi connectivity index (χ4v) is 2.49.